The predicted molar refractivity (Wildman–Crippen MR) is 122 cm³/mol. The smallest absolute Gasteiger partial charge is 0.375 e. The number of aryl methyl sites for hydroxylation is 2. The SMILES string of the molecule is CCOC(=O)C(=O)C(C)C(=O)c1ccc(OCc2c(Cl)cccc2-n2nnn(C)c2=O)c(C)c1. The minimum absolute atomic E-state index is 0.0178. The summed E-state index contributed by atoms with van der Waals surface area (Å²) in [4.78, 5) is 48.7. The van der Waals surface area contributed by atoms with Crippen LogP contribution in [0.15, 0.2) is 41.2 Å². The second-order valence-corrected chi connectivity index (χ2v) is 7.88. The van der Waals surface area contributed by atoms with E-state index in [9.17, 15) is 19.2 Å². The van der Waals surface area contributed by atoms with Crippen molar-refractivity contribution in [2.45, 2.75) is 27.4 Å². The maximum Gasteiger partial charge on any atom is 0.375 e. The van der Waals surface area contributed by atoms with Crippen LogP contribution in [0.4, 0.5) is 0 Å². The molecule has 0 amide bonds. The normalized spacial score (nSPS) is 11.7. The number of ketones is 2. The Labute approximate surface area is 200 Å². The van der Waals surface area contributed by atoms with Crippen LogP contribution in [0.1, 0.15) is 35.3 Å². The molecule has 0 saturated heterocycles. The van der Waals surface area contributed by atoms with Crippen molar-refractivity contribution >= 4 is 29.1 Å². The van der Waals surface area contributed by atoms with Crippen LogP contribution in [0.25, 0.3) is 5.69 Å². The number of nitrogens with zero attached hydrogens (tertiary/aromatic N) is 4. The standard InChI is InChI=1S/C23H23ClN4O6/c1-5-33-22(31)21(30)14(3)20(29)15-9-10-19(13(2)11-15)34-12-16-17(24)7-6-8-18(16)28-23(32)27(4)25-26-28/h6-11,14H,5,12H2,1-4H3. The summed E-state index contributed by atoms with van der Waals surface area (Å²) < 4.78 is 12.8. The van der Waals surface area contributed by atoms with E-state index in [1.165, 1.54) is 20.0 Å². The Bertz CT molecular complexity index is 1310. The van der Waals surface area contributed by atoms with Crippen molar-refractivity contribution in [3.8, 4) is 11.4 Å². The first-order chi connectivity index (χ1) is 16.1. The zero-order chi connectivity index (χ0) is 25.0. The first-order valence-electron chi connectivity index (χ1n) is 10.4. The fraction of sp³-hybridized carbons (Fsp3) is 0.304. The van der Waals surface area contributed by atoms with Gasteiger partial charge in [0.15, 0.2) is 5.78 Å². The highest BCUT2D eigenvalue weighted by Gasteiger charge is 2.29. The van der Waals surface area contributed by atoms with Gasteiger partial charge in [0.2, 0.25) is 0 Å². The maximum atomic E-state index is 12.7. The monoisotopic (exact) mass is 486 g/mol. The van der Waals surface area contributed by atoms with E-state index >= 15 is 0 Å². The van der Waals surface area contributed by atoms with Crippen molar-refractivity contribution in [1.29, 1.82) is 0 Å². The van der Waals surface area contributed by atoms with Crippen LogP contribution in [-0.4, -0.2) is 43.9 Å². The second-order valence-electron chi connectivity index (χ2n) is 7.47. The molecule has 3 rings (SSSR count). The average Bonchev–Trinajstić information content (AvgIpc) is 3.15. The van der Waals surface area contributed by atoms with Gasteiger partial charge in [0.25, 0.3) is 5.78 Å². The molecule has 3 aromatic rings. The molecular weight excluding hydrogens is 464 g/mol. The van der Waals surface area contributed by atoms with E-state index in [1.54, 1.807) is 44.2 Å². The highest BCUT2D eigenvalue weighted by molar-refractivity contribution is 6.39. The molecule has 0 saturated carbocycles. The van der Waals surface area contributed by atoms with E-state index in [0.29, 0.717) is 27.6 Å². The van der Waals surface area contributed by atoms with Gasteiger partial charge in [-0.25, -0.2) is 9.59 Å². The molecular formula is C23H23ClN4O6. The molecule has 1 unspecified atom stereocenters. The lowest BCUT2D eigenvalue weighted by Gasteiger charge is -2.14. The largest absolute Gasteiger partial charge is 0.488 e. The van der Waals surface area contributed by atoms with Crippen molar-refractivity contribution in [2.24, 2.45) is 13.0 Å². The average molecular weight is 487 g/mol. The lowest BCUT2D eigenvalue weighted by Crippen LogP contribution is -2.29. The molecule has 0 radical (unpaired) electrons. The summed E-state index contributed by atoms with van der Waals surface area (Å²) in [7, 11) is 1.49. The van der Waals surface area contributed by atoms with Crippen LogP contribution in [0.2, 0.25) is 5.02 Å². The summed E-state index contributed by atoms with van der Waals surface area (Å²) in [6, 6.07) is 9.72. The third-order valence-electron chi connectivity index (χ3n) is 5.14. The summed E-state index contributed by atoms with van der Waals surface area (Å²) in [6.07, 6.45) is 0. The van der Waals surface area contributed by atoms with Crippen molar-refractivity contribution in [3.05, 3.63) is 68.6 Å². The summed E-state index contributed by atoms with van der Waals surface area (Å²) in [5, 5.41) is 7.95. The number of hydrogen-bond acceptors (Lipinski definition) is 8. The maximum absolute atomic E-state index is 12.7. The highest BCUT2D eigenvalue weighted by atomic mass is 35.5. The minimum Gasteiger partial charge on any atom is -0.488 e. The summed E-state index contributed by atoms with van der Waals surface area (Å²) in [5.74, 6) is -3.12. The van der Waals surface area contributed by atoms with Crippen LogP contribution in [0.5, 0.6) is 5.75 Å². The fourth-order valence-electron chi connectivity index (χ4n) is 3.22. The number of esters is 1. The van der Waals surface area contributed by atoms with E-state index in [1.807, 2.05) is 0 Å². The number of hydrogen-bond donors (Lipinski definition) is 0. The Morgan fingerprint density at radius 3 is 2.50 bits per heavy atom. The lowest BCUT2D eigenvalue weighted by atomic mass is 9.94. The van der Waals surface area contributed by atoms with Gasteiger partial charge in [0.1, 0.15) is 12.4 Å². The molecule has 10 nitrogen and oxygen atoms in total. The van der Waals surface area contributed by atoms with Gasteiger partial charge in [-0.05, 0) is 67.1 Å². The van der Waals surface area contributed by atoms with Crippen LogP contribution in [0, 0.1) is 12.8 Å². The molecule has 34 heavy (non-hydrogen) atoms. The van der Waals surface area contributed by atoms with Crippen molar-refractivity contribution < 1.29 is 23.9 Å². The van der Waals surface area contributed by atoms with Crippen molar-refractivity contribution in [1.82, 2.24) is 19.8 Å². The van der Waals surface area contributed by atoms with E-state index in [4.69, 9.17) is 16.3 Å². The Hall–Kier alpha value is -3.79. The number of Topliss-reactive ketones (excluding diaryl/α,β-unsaturated/α-hetero) is 2. The van der Waals surface area contributed by atoms with E-state index in [2.05, 4.69) is 15.2 Å². The Balaban J connectivity index is 1.80. The molecule has 1 aromatic heterocycles. The number of rotatable bonds is 9. The minimum atomic E-state index is -1.17. The Morgan fingerprint density at radius 1 is 1.15 bits per heavy atom. The molecule has 178 valence electrons. The van der Waals surface area contributed by atoms with E-state index in [0.717, 1.165) is 9.36 Å². The van der Waals surface area contributed by atoms with Gasteiger partial charge < -0.3 is 9.47 Å². The molecule has 0 bridgehead atoms. The summed E-state index contributed by atoms with van der Waals surface area (Å²) >= 11 is 6.36. The molecule has 2 aromatic carbocycles. The number of tetrazole rings is 1. The number of benzene rings is 2. The van der Waals surface area contributed by atoms with Gasteiger partial charge in [-0.1, -0.05) is 17.7 Å². The first-order valence-corrected chi connectivity index (χ1v) is 10.8. The zero-order valence-corrected chi connectivity index (χ0v) is 19.8. The number of carbonyl (C=O) groups excluding carboxylic acids is 3. The van der Waals surface area contributed by atoms with E-state index in [-0.39, 0.29) is 18.8 Å². The molecule has 1 heterocycles. The highest BCUT2D eigenvalue weighted by Crippen LogP contribution is 2.26. The molecule has 11 heteroatoms. The third kappa shape index (κ3) is 5.07. The van der Waals surface area contributed by atoms with Gasteiger partial charge in [-0.2, -0.15) is 9.36 Å². The van der Waals surface area contributed by atoms with Gasteiger partial charge in [-0.15, -0.1) is 0 Å². The quantitative estimate of drug-likeness (QED) is 0.195. The molecule has 0 spiro atoms. The van der Waals surface area contributed by atoms with Crippen LogP contribution < -0.4 is 10.4 Å². The summed E-state index contributed by atoms with van der Waals surface area (Å²) in [6.45, 7) is 4.76. The molecule has 0 aliphatic heterocycles. The van der Waals surface area contributed by atoms with Crippen LogP contribution >= 0.6 is 11.6 Å². The van der Waals surface area contributed by atoms with Gasteiger partial charge in [0.05, 0.1) is 18.2 Å². The topological polar surface area (TPSA) is 122 Å². The lowest BCUT2D eigenvalue weighted by molar-refractivity contribution is -0.154. The van der Waals surface area contributed by atoms with Crippen molar-refractivity contribution in [3.63, 3.8) is 0 Å². The first kappa shape index (κ1) is 24.8. The number of aromatic nitrogens is 4. The van der Waals surface area contributed by atoms with Gasteiger partial charge in [-0.3, -0.25) is 9.59 Å². The third-order valence-corrected chi connectivity index (χ3v) is 5.49. The fourth-order valence-corrected chi connectivity index (χ4v) is 3.44. The van der Waals surface area contributed by atoms with Crippen LogP contribution in [0.3, 0.4) is 0 Å². The molecule has 0 fully saturated rings. The number of carbonyl (C=O) groups is 3. The zero-order valence-electron chi connectivity index (χ0n) is 19.1. The molecule has 0 N–H and O–H groups in total. The number of ether oxygens (including phenoxy) is 2. The Kier molecular flexibility index (Phi) is 7.62. The predicted octanol–water partition coefficient (Wildman–Crippen LogP) is 2.46. The van der Waals surface area contributed by atoms with Gasteiger partial charge in [0, 0.05) is 23.2 Å². The molecule has 0 aliphatic rings. The molecule has 1 atom stereocenters. The Morgan fingerprint density at radius 2 is 1.88 bits per heavy atom. The second kappa shape index (κ2) is 10.4. The number of halogens is 1. The summed E-state index contributed by atoms with van der Waals surface area (Å²) in [5.41, 5.74) is 1.42. The van der Waals surface area contributed by atoms with Crippen LogP contribution in [-0.2, 0) is 28.0 Å². The molecule has 0 aliphatic carbocycles. The van der Waals surface area contributed by atoms with E-state index < -0.39 is 29.1 Å². The van der Waals surface area contributed by atoms with Gasteiger partial charge >= 0.3 is 11.7 Å². The van der Waals surface area contributed by atoms with Crippen molar-refractivity contribution in [2.75, 3.05) is 6.61 Å².